The molecular formula is C11H18N2S. The quantitative estimate of drug-likeness (QED) is 0.732. The minimum absolute atomic E-state index is 0.0840. The van der Waals surface area contributed by atoms with E-state index in [1.54, 1.807) is 0 Å². The summed E-state index contributed by atoms with van der Waals surface area (Å²) in [5.74, 6) is 1.11. The minimum atomic E-state index is 0.0840. The van der Waals surface area contributed by atoms with Crippen LogP contribution in [0.2, 0.25) is 0 Å². The Kier molecular flexibility index (Phi) is 5.01. The van der Waals surface area contributed by atoms with E-state index in [1.165, 1.54) is 10.5 Å². The second kappa shape index (κ2) is 6.06. The van der Waals surface area contributed by atoms with Crippen molar-refractivity contribution in [2.24, 2.45) is 11.5 Å². The summed E-state index contributed by atoms with van der Waals surface area (Å²) in [5.41, 5.74) is 12.6. The highest BCUT2D eigenvalue weighted by Crippen LogP contribution is 2.20. The van der Waals surface area contributed by atoms with E-state index < -0.39 is 0 Å². The molecule has 78 valence electrons. The van der Waals surface area contributed by atoms with Crippen molar-refractivity contribution in [1.29, 1.82) is 0 Å². The van der Waals surface area contributed by atoms with E-state index in [0.717, 1.165) is 12.2 Å². The Labute approximate surface area is 90.1 Å². The van der Waals surface area contributed by atoms with E-state index in [1.807, 2.05) is 11.8 Å². The predicted octanol–water partition coefficient (Wildman–Crippen LogP) is 2.15. The van der Waals surface area contributed by atoms with Crippen LogP contribution < -0.4 is 11.5 Å². The molecule has 0 amide bonds. The molecule has 14 heavy (non-hydrogen) atoms. The number of rotatable bonds is 5. The average Bonchev–Trinajstić information content (AvgIpc) is 2.20. The van der Waals surface area contributed by atoms with Crippen LogP contribution in [0.5, 0.6) is 0 Å². The van der Waals surface area contributed by atoms with E-state index in [0.29, 0.717) is 6.54 Å². The molecule has 2 nitrogen and oxygen atoms in total. The fourth-order valence-electron chi connectivity index (χ4n) is 1.32. The summed E-state index contributed by atoms with van der Waals surface area (Å²) in [6.07, 6.45) is 0.847. The topological polar surface area (TPSA) is 52.0 Å². The summed E-state index contributed by atoms with van der Waals surface area (Å²) >= 11 is 1.84. The zero-order valence-electron chi connectivity index (χ0n) is 8.57. The number of hydrogen-bond donors (Lipinski definition) is 2. The predicted molar refractivity (Wildman–Crippen MR) is 63.4 cm³/mol. The molecule has 0 saturated carbocycles. The SMILES string of the molecule is CCSc1ccc([C@H](N)CCN)cc1. The number of benzene rings is 1. The molecule has 3 heteroatoms. The lowest BCUT2D eigenvalue weighted by molar-refractivity contribution is 0.661. The summed E-state index contributed by atoms with van der Waals surface area (Å²) in [4.78, 5) is 1.30. The normalized spacial score (nSPS) is 12.8. The Morgan fingerprint density at radius 2 is 1.93 bits per heavy atom. The van der Waals surface area contributed by atoms with Gasteiger partial charge >= 0.3 is 0 Å². The van der Waals surface area contributed by atoms with E-state index >= 15 is 0 Å². The van der Waals surface area contributed by atoms with Gasteiger partial charge in [0, 0.05) is 10.9 Å². The van der Waals surface area contributed by atoms with Crippen LogP contribution in [-0.2, 0) is 0 Å². The summed E-state index contributed by atoms with van der Waals surface area (Å²) in [5, 5.41) is 0. The third-order valence-corrected chi connectivity index (χ3v) is 2.99. The van der Waals surface area contributed by atoms with Crippen LogP contribution >= 0.6 is 11.8 Å². The first-order valence-electron chi connectivity index (χ1n) is 4.96. The molecule has 0 spiro atoms. The van der Waals surface area contributed by atoms with Gasteiger partial charge in [-0.15, -0.1) is 11.8 Å². The van der Waals surface area contributed by atoms with Gasteiger partial charge in [0.15, 0.2) is 0 Å². The van der Waals surface area contributed by atoms with Crippen molar-refractivity contribution < 1.29 is 0 Å². The van der Waals surface area contributed by atoms with Gasteiger partial charge in [0.2, 0.25) is 0 Å². The van der Waals surface area contributed by atoms with Gasteiger partial charge in [-0.3, -0.25) is 0 Å². The van der Waals surface area contributed by atoms with Crippen LogP contribution in [0.3, 0.4) is 0 Å². The first kappa shape index (κ1) is 11.6. The van der Waals surface area contributed by atoms with E-state index in [4.69, 9.17) is 11.5 Å². The average molecular weight is 210 g/mol. The maximum absolute atomic E-state index is 5.94. The maximum Gasteiger partial charge on any atom is 0.0306 e. The third kappa shape index (κ3) is 3.33. The van der Waals surface area contributed by atoms with Gasteiger partial charge in [-0.25, -0.2) is 0 Å². The molecule has 0 aliphatic rings. The largest absolute Gasteiger partial charge is 0.330 e. The van der Waals surface area contributed by atoms with Crippen molar-refractivity contribution in [1.82, 2.24) is 0 Å². The molecule has 0 aliphatic carbocycles. The molecule has 0 saturated heterocycles. The second-order valence-corrected chi connectivity index (χ2v) is 4.52. The van der Waals surface area contributed by atoms with E-state index in [9.17, 15) is 0 Å². The molecule has 0 bridgehead atoms. The fraction of sp³-hybridized carbons (Fsp3) is 0.455. The van der Waals surface area contributed by atoms with Crippen LogP contribution in [0, 0.1) is 0 Å². The smallest absolute Gasteiger partial charge is 0.0306 e. The third-order valence-electron chi connectivity index (χ3n) is 2.10. The van der Waals surface area contributed by atoms with Gasteiger partial charge in [-0.1, -0.05) is 19.1 Å². The van der Waals surface area contributed by atoms with Crippen LogP contribution in [-0.4, -0.2) is 12.3 Å². The van der Waals surface area contributed by atoms with Gasteiger partial charge in [0.25, 0.3) is 0 Å². The molecule has 1 rings (SSSR count). The minimum Gasteiger partial charge on any atom is -0.330 e. The van der Waals surface area contributed by atoms with E-state index in [2.05, 4.69) is 31.2 Å². The zero-order valence-corrected chi connectivity index (χ0v) is 9.39. The molecule has 0 radical (unpaired) electrons. The lowest BCUT2D eigenvalue weighted by atomic mass is 10.1. The number of hydrogen-bond acceptors (Lipinski definition) is 3. The molecule has 0 unspecified atom stereocenters. The molecule has 0 aliphatic heterocycles. The summed E-state index contributed by atoms with van der Waals surface area (Å²) < 4.78 is 0. The number of nitrogens with two attached hydrogens (primary N) is 2. The Balaban J connectivity index is 2.62. The molecule has 0 aromatic heterocycles. The first-order chi connectivity index (χ1) is 6.77. The van der Waals surface area contributed by atoms with Gasteiger partial charge in [0.1, 0.15) is 0 Å². The van der Waals surface area contributed by atoms with Crippen molar-refractivity contribution in [3.05, 3.63) is 29.8 Å². The maximum atomic E-state index is 5.94. The van der Waals surface area contributed by atoms with Crippen molar-refractivity contribution in [3.63, 3.8) is 0 Å². The Morgan fingerprint density at radius 1 is 1.29 bits per heavy atom. The fourth-order valence-corrected chi connectivity index (χ4v) is 1.99. The highest BCUT2D eigenvalue weighted by atomic mass is 32.2. The Hall–Kier alpha value is -0.510. The van der Waals surface area contributed by atoms with Gasteiger partial charge in [-0.2, -0.15) is 0 Å². The van der Waals surface area contributed by atoms with Crippen molar-refractivity contribution in [2.45, 2.75) is 24.3 Å². The number of thioether (sulfide) groups is 1. The summed E-state index contributed by atoms with van der Waals surface area (Å²) in [6.45, 7) is 2.80. The van der Waals surface area contributed by atoms with Crippen molar-refractivity contribution in [2.75, 3.05) is 12.3 Å². The van der Waals surface area contributed by atoms with Crippen LogP contribution in [0.15, 0.2) is 29.2 Å². The van der Waals surface area contributed by atoms with Crippen molar-refractivity contribution >= 4 is 11.8 Å². The van der Waals surface area contributed by atoms with Crippen LogP contribution in [0.4, 0.5) is 0 Å². The molecule has 4 N–H and O–H groups in total. The van der Waals surface area contributed by atoms with Crippen LogP contribution in [0.25, 0.3) is 0 Å². The highest BCUT2D eigenvalue weighted by Gasteiger charge is 2.03. The molecule has 1 aromatic carbocycles. The molecular weight excluding hydrogens is 192 g/mol. The summed E-state index contributed by atoms with van der Waals surface area (Å²) in [6, 6.07) is 8.52. The monoisotopic (exact) mass is 210 g/mol. The lowest BCUT2D eigenvalue weighted by Crippen LogP contribution is -2.15. The highest BCUT2D eigenvalue weighted by molar-refractivity contribution is 7.99. The molecule has 0 fully saturated rings. The zero-order chi connectivity index (χ0) is 10.4. The standard InChI is InChI=1S/C11H18N2S/c1-2-14-10-5-3-9(4-6-10)11(13)7-8-12/h3-6,11H,2,7-8,12-13H2,1H3/t11-/m1/s1. The van der Waals surface area contributed by atoms with Gasteiger partial charge in [0.05, 0.1) is 0 Å². The van der Waals surface area contributed by atoms with Gasteiger partial charge in [-0.05, 0) is 36.4 Å². The van der Waals surface area contributed by atoms with E-state index in [-0.39, 0.29) is 6.04 Å². The lowest BCUT2D eigenvalue weighted by Gasteiger charge is -2.10. The Bertz CT molecular complexity index is 258. The molecule has 1 atom stereocenters. The summed E-state index contributed by atoms with van der Waals surface area (Å²) in [7, 11) is 0. The second-order valence-electron chi connectivity index (χ2n) is 3.19. The molecule has 1 aromatic rings. The first-order valence-corrected chi connectivity index (χ1v) is 5.95. The van der Waals surface area contributed by atoms with Gasteiger partial charge < -0.3 is 11.5 Å². The van der Waals surface area contributed by atoms with Crippen molar-refractivity contribution in [3.8, 4) is 0 Å². The van der Waals surface area contributed by atoms with Crippen LogP contribution in [0.1, 0.15) is 24.9 Å². The molecule has 0 heterocycles. The Morgan fingerprint density at radius 3 is 2.43 bits per heavy atom.